The highest BCUT2D eigenvalue weighted by atomic mass is 35.5. The number of halogens is 1. The second kappa shape index (κ2) is 5.84. The molecule has 0 saturated heterocycles. The van der Waals surface area contributed by atoms with Crippen molar-refractivity contribution in [2.45, 2.75) is 27.2 Å². The first-order valence-corrected chi connectivity index (χ1v) is 7.10. The Morgan fingerprint density at radius 2 is 1.90 bits per heavy atom. The molecule has 2 nitrogen and oxygen atoms in total. The van der Waals surface area contributed by atoms with E-state index in [1.807, 2.05) is 30.4 Å². The van der Waals surface area contributed by atoms with Crippen molar-refractivity contribution in [3.8, 4) is 5.75 Å². The van der Waals surface area contributed by atoms with Gasteiger partial charge < -0.3 is 4.74 Å². The maximum absolute atomic E-state index is 12.4. The van der Waals surface area contributed by atoms with Gasteiger partial charge in [-0.3, -0.25) is 4.79 Å². The Kier molecular flexibility index (Phi) is 4.34. The van der Waals surface area contributed by atoms with Crippen molar-refractivity contribution in [1.29, 1.82) is 0 Å². The number of carbonyl (C=O) groups is 1. The van der Waals surface area contributed by atoms with Crippen molar-refractivity contribution in [2.75, 3.05) is 0 Å². The zero-order chi connectivity index (χ0) is 14.8. The Bertz CT molecular complexity index is 550. The third-order valence-corrected chi connectivity index (χ3v) is 3.59. The van der Waals surface area contributed by atoms with Crippen LogP contribution in [-0.4, -0.2) is 5.97 Å². The van der Waals surface area contributed by atoms with Gasteiger partial charge in [0, 0.05) is 5.03 Å². The molecule has 0 amide bonds. The summed E-state index contributed by atoms with van der Waals surface area (Å²) in [6.45, 7) is 6.24. The lowest BCUT2D eigenvalue weighted by Gasteiger charge is -2.31. The normalized spacial score (nSPS) is 19.1. The van der Waals surface area contributed by atoms with Gasteiger partial charge in [0.05, 0.1) is 5.92 Å². The highest BCUT2D eigenvalue weighted by Gasteiger charge is 2.33. The molecular weight excluding hydrogens is 272 g/mol. The Balaban J connectivity index is 2.19. The van der Waals surface area contributed by atoms with Crippen LogP contribution in [0.15, 0.2) is 53.1 Å². The van der Waals surface area contributed by atoms with E-state index in [9.17, 15) is 4.79 Å². The van der Waals surface area contributed by atoms with E-state index in [0.29, 0.717) is 17.2 Å². The number of hydrogen-bond donors (Lipinski definition) is 0. The first kappa shape index (κ1) is 14.9. The third-order valence-electron chi connectivity index (χ3n) is 3.33. The summed E-state index contributed by atoms with van der Waals surface area (Å²) in [4.78, 5) is 12.4. The van der Waals surface area contributed by atoms with Crippen molar-refractivity contribution in [1.82, 2.24) is 0 Å². The number of carbonyl (C=O) groups excluding carboxylic acids is 1. The van der Waals surface area contributed by atoms with Crippen LogP contribution in [0.4, 0.5) is 0 Å². The molecule has 1 unspecified atom stereocenters. The number of hydrogen-bond acceptors (Lipinski definition) is 2. The van der Waals surface area contributed by atoms with E-state index in [0.717, 1.165) is 5.57 Å². The Morgan fingerprint density at radius 1 is 1.25 bits per heavy atom. The van der Waals surface area contributed by atoms with E-state index in [1.165, 1.54) is 0 Å². The van der Waals surface area contributed by atoms with E-state index < -0.39 is 0 Å². The third kappa shape index (κ3) is 3.51. The molecule has 1 aromatic rings. The van der Waals surface area contributed by atoms with Crippen LogP contribution in [0.25, 0.3) is 0 Å². The van der Waals surface area contributed by atoms with E-state index >= 15 is 0 Å². The van der Waals surface area contributed by atoms with Crippen LogP contribution in [0, 0.1) is 11.3 Å². The van der Waals surface area contributed by atoms with Crippen molar-refractivity contribution < 1.29 is 9.53 Å². The summed E-state index contributed by atoms with van der Waals surface area (Å²) < 4.78 is 5.46. The molecule has 0 heterocycles. The fourth-order valence-corrected chi connectivity index (χ4v) is 2.51. The number of allylic oxidation sites excluding steroid dienone is 3. The molecule has 0 spiro atoms. The summed E-state index contributed by atoms with van der Waals surface area (Å²) >= 11 is 6.08. The smallest absolute Gasteiger partial charge is 0.318 e. The summed E-state index contributed by atoms with van der Waals surface area (Å²) in [5.74, 6) is 0.0851. The van der Waals surface area contributed by atoms with Crippen molar-refractivity contribution >= 4 is 17.6 Å². The van der Waals surface area contributed by atoms with Gasteiger partial charge in [-0.05, 0) is 35.6 Å². The molecule has 1 aromatic carbocycles. The van der Waals surface area contributed by atoms with Gasteiger partial charge in [0.15, 0.2) is 0 Å². The molecule has 2 rings (SSSR count). The number of rotatable bonds is 2. The Hall–Kier alpha value is -1.54. The zero-order valence-electron chi connectivity index (χ0n) is 12.0. The topological polar surface area (TPSA) is 26.3 Å². The molecule has 0 saturated carbocycles. The molecule has 1 atom stereocenters. The zero-order valence-corrected chi connectivity index (χ0v) is 12.8. The minimum absolute atomic E-state index is 0.116. The molecule has 0 aliphatic heterocycles. The molecule has 1 aliphatic carbocycles. The average molecular weight is 291 g/mol. The molecule has 0 aromatic heterocycles. The Labute approximate surface area is 125 Å². The minimum Gasteiger partial charge on any atom is -0.426 e. The monoisotopic (exact) mass is 290 g/mol. The number of ether oxygens (including phenoxy) is 1. The van der Waals surface area contributed by atoms with Crippen LogP contribution in [0.3, 0.4) is 0 Å². The standard InChI is InChI=1S/C17H19ClO2/c1-17(2,3)15-11-12(18)9-10-14(15)16(19)20-13-7-5-4-6-8-13/h4-9,11,14H,10H2,1-3H3. The number of esters is 1. The Morgan fingerprint density at radius 3 is 2.50 bits per heavy atom. The average Bonchev–Trinajstić information content (AvgIpc) is 2.38. The molecule has 0 fully saturated rings. The van der Waals surface area contributed by atoms with E-state index in [2.05, 4.69) is 20.8 Å². The summed E-state index contributed by atoms with van der Waals surface area (Å²) in [5.41, 5.74) is 0.903. The predicted octanol–water partition coefficient (Wildman–Crippen LogP) is 4.71. The first-order valence-electron chi connectivity index (χ1n) is 6.72. The molecule has 0 radical (unpaired) electrons. The van der Waals surface area contributed by atoms with E-state index in [4.69, 9.17) is 16.3 Å². The summed E-state index contributed by atoms with van der Waals surface area (Å²) in [7, 11) is 0. The molecule has 106 valence electrons. The van der Waals surface area contributed by atoms with Gasteiger partial charge in [-0.1, -0.05) is 56.6 Å². The van der Waals surface area contributed by atoms with Crippen molar-refractivity contribution in [3.63, 3.8) is 0 Å². The highest BCUT2D eigenvalue weighted by molar-refractivity contribution is 6.31. The lowest BCUT2D eigenvalue weighted by atomic mass is 9.75. The van der Waals surface area contributed by atoms with Crippen LogP contribution < -0.4 is 4.74 Å². The number of para-hydroxylation sites is 1. The van der Waals surface area contributed by atoms with Crippen LogP contribution in [0.1, 0.15) is 27.2 Å². The fraction of sp³-hybridized carbons (Fsp3) is 0.353. The van der Waals surface area contributed by atoms with Gasteiger partial charge in [0.1, 0.15) is 5.75 Å². The largest absolute Gasteiger partial charge is 0.426 e. The second-order valence-corrected chi connectivity index (χ2v) is 6.40. The predicted molar refractivity (Wildman–Crippen MR) is 81.7 cm³/mol. The SMILES string of the molecule is CC(C)(C)C1=CC(Cl)=CCC1C(=O)Oc1ccccc1. The summed E-state index contributed by atoms with van der Waals surface area (Å²) in [5, 5.41) is 0.693. The van der Waals surface area contributed by atoms with Crippen LogP contribution in [0.2, 0.25) is 0 Å². The van der Waals surface area contributed by atoms with Gasteiger partial charge >= 0.3 is 5.97 Å². The van der Waals surface area contributed by atoms with Gasteiger partial charge in [0.25, 0.3) is 0 Å². The number of benzene rings is 1. The van der Waals surface area contributed by atoms with Crippen molar-refractivity contribution in [3.05, 3.63) is 53.1 Å². The van der Waals surface area contributed by atoms with Crippen molar-refractivity contribution in [2.24, 2.45) is 11.3 Å². The van der Waals surface area contributed by atoms with Gasteiger partial charge in [-0.15, -0.1) is 0 Å². The van der Waals surface area contributed by atoms with Gasteiger partial charge in [-0.2, -0.15) is 0 Å². The van der Waals surface area contributed by atoms with E-state index in [-0.39, 0.29) is 17.3 Å². The van der Waals surface area contributed by atoms with Gasteiger partial charge in [0.2, 0.25) is 0 Å². The second-order valence-electron chi connectivity index (χ2n) is 5.96. The van der Waals surface area contributed by atoms with Gasteiger partial charge in [-0.25, -0.2) is 0 Å². The van der Waals surface area contributed by atoms with Crippen LogP contribution >= 0.6 is 11.6 Å². The van der Waals surface area contributed by atoms with Crippen LogP contribution in [-0.2, 0) is 4.79 Å². The molecule has 0 N–H and O–H groups in total. The molecule has 20 heavy (non-hydrogen) atoms. The molecular formula is C17H19ClO2. The first-order chi connectivity index (χ1) is 9.38. The maximum atomic E-state index is 12.4. The van der Waals surface area contributed by atoms with E-state index in [1.54, 1.807) is 12.1 Å². The fourth-order valence-electron chi connectivity index (χ4n) is 2.30. The summed E-state index contributed by atoms with van der Waals surface area (Å²) in [6.07, 6.45) is 4.35. The lowest BCUT2D eigenvalue weighted by Crippen LogP contribution is -2.29. The minimum atomic E-state index is -0.266. The highest BCUT2D eigenvalue weighted by Crippen LogP contribution is 2.38. The summed E-state index contributed by atoms with van der Waals surface area (Å²) in [6, 6.07) is 9.15. The lowest BCUT2D eigenvalue weighted by molar-refractivity contribution is -0.138. The molecule has 3 heteroatoms. The van der Waals surface area contributed by atoms with Crippen LogP contribution in [0.5, 0.6) is 5.75 Å². The quantitative estimate of drug-likeness (QED) is 0.582. The molecule has 1 aliphatic rings. The maximum Gasteiger partial charge on any atom is 0.318 e. The molecule has 0 bridgehead atoms.